The normalized spacial score (nSPS) is 10.5. The highest BCUT2D eigenvalue weighted by atomic mass is 79.9. The van der Waals surface area contributed by atoms with Crippen LogP contribution in [0.25, 0.3) is 11.1 Å². The van der Waals surface area contributed by atoms with Gasteiger partial charge in [0.15, 0.2) is 0 Å². The van der Waals surface area contributed by atoms with Gasteiger partial charge in [0.2, 0.25) is 0 Å². The molecule has 0 fully saturated rings. The van der Waals surface area contributed by atoms with E-state index in [2.05, 4.69) is 44.8 Å². The van der Waals surface area contributed by atoms with E-state index >= 15 is 0 Å². The van der Waals surface area contributed by atoms with Gasteiger partial charge >= 0.3 is 0 Å². The van der Waals surface area contributed by atoms with Crippen LogP contribution in [0.3, 0.4) is 0 Å². The number of rotatable bonds is 1. The molecule has 0 aliphatic carbocycles. The van der Waals surface area contributed by atoms with Crippen molar-refractivity contribution >= 4 is 43.5 Å². The Kier molecular flexibility index (Phi) is 3.73. The summed E-state index contributed by atoms with van der Waals surface area (Å²) in [5.41, 5.74) is 3.58. The molecule has 0 nitrogen and oxygen atoms in total. The van der Waals surface area contributed by atoms with Gasteiger partial charge < -0.3 is 0 Å². The molecule has 0 saturated heterocycles. The minimum atomic E-state index is 0.736. The fourth-order valence-corrected chi connectivity index (χ4v) is 3.23. The Balaban J connectivity index is 2.68. The molecule has 0 bridgehead atoms. The van der Waals surface area contributed by atoms with Crippen molar-refractivity contribution in [3.05, 3.63) is 55.9 Å². The Morgan fingerprint density at radius 2 is 1.75 bits per heavy atom. The minimum absolute atomic E-state index is 0.736. The monoisotopic (exact) mass is 358 g/mol. The molecule has 0 N–H and O–H groups in total. The molecule has 0 spiro atoms. The number of hydrogen-bond acceptors (Lipinski definition) is 0. The van der Waals surface area contributed by atoms with Crippen molar-refractivity contribution in [3.8, 4) is 11.1 Å². The fraction of sp³-hybridized carbons (Fsp3) is 0.0769. The number of aryl methyl sites for hydroxylation is 1. The third kappa shape index (κ3) is 2.34. The molecule has 16 heavy (non-hydrogen) atoms. The second-order valence-electron chi connectivity index (χ2n) is 3.56. The van der Waals surface area contributed by atoms with Gasteiger partial charge in [0.05, 0.1) is 0 Å². The minimum Gasteiger partial charge on any atom is -0.0843 e. The Labute approximate surface area is 117 Å². The largest absolute Gasteiger partial charge is 0.0843 e. The van der Waals surface area contributed by atoms with Gasteiger partial charge in [-0.3, -0.25) is 0 Å². The zero-order valence-electron chi connectivity index (χ0n) is 8.60. The summed E-state index contributed by atoms with van der Waals surface area (Å²) >= 11 is 13.1. The maximum absolute atomic E-state index is 5.94. The quantitative estimate of drug-likeness (QED) is 0.599. The molecule has 2 aromatic carbocycles. The molecule has 3 heteroatoms. The second-order valence-corrected chi connectivity index (χ2v) is 5.70. The van der Waals surface area contributed by atoms with E-state index in [0.717, 1.165) is 19.5 Å². The van der Waals surface area contributed by atoms with E-state index in [1.807, 2.05) is 30.3 Å². The average Bonchev–Trinajstić information content (AvgIpc) is 2.20. The Morgan fingerprint density at radius 3 is 2.38 bits per heavy atom. The molecule has 0 radical (unpaired) electrons. The fourth-order valence-electron chi connectivity index (χ4n) is 1.67. The van der Waals surface area contributed by atoms with Crippen LogP contribution in [0.1, 0.15) is 5.56 Å². The van der Waals surface area contributed by atoms with Gasteiger partial charge in [-0.25, -0.2) is 0 Å². The SMILES string of the molecule is Cc1cccc(Br)c1-c1ccc(Cl)cc1Br. The predicted molar refractivity (Wildman–Crippen MR) is 77.0 cm³/mol. The van der Waals surface area contributed by atoms with E-state index in [-0.39, 0.29) is 0 Å². The Morgan fingerprint density at radius 1 is 1.00 bits per heavy atom. The van der Waals surface area contributed by atoms with Crippen LogP contribution in [0.5, 0.6) is 0 Å². The van der Waals surface area contributed by atoms with Crippen molar-refractivity contribution in [2.45, 2.75) is 6.92 Å². The highest BCUT2D eigenvalue weighted by Crippen LogP contribution is 2.37. The van der Waals surface area contributed by atoms with Gasteiger partial charge in [0, 0.05) is 14.0 Å². The van der Waals surface area contributed by atoms with Crippen LogP contribution in [-0.4, -0.2) is 0 Å². The van der Waals surface area contributed by atoms with E-state index in [9.17, 15) is 0 Å². The molecule has 2 aromatic rings. The lowest BCUT2D eigenvalue weighted by Gasteiger charge is -2.10. The van der Waals surface area contributed by atoms with E-state index in [1.165, 1.54) is 11.1 Å². The van der Waals surface area contributed by atoms with Gasteiger partial charge in [0.25, 0.3) is 0 Å². The number of halogens is 3. The van der Waals surface area contributed by atoms with Crippen LogP contribution >= 0.6 is 43.5 Å². The van der Waals surface area contributed by atoms with Crippen molar-refractivity contribution in [2.24, 2.45) is 0 Å². The smallest absolute Gasteiger partial charge is 0.0417 e. The van der Waals surface area contributed by atoms with Crippen LogP contribution < -0.4 is 0 Å². The first-order valence-electron chi connectivity index (χ1n) is 4.80. The lowest BCUT2D eigenvalue weighted by Crippen LogP contribution is -1.86. The third-order valence-electron chi connectivity index (χ3n) is 2.42. The summed E-state index contributed by atoms with van der Waals surface area (Å²) < 4.78 is 2.10. The predicted octanol–water partition coefficient (Wildman–Crippen LogP) is 5.84. The number of hydrogen-bond donors (Lipinski definition) is 0. The van der Waals surface area contributed by atoms with Crippen molar-refractivity contribution in [1.82, 2.24) is 0 Å². The first-order valence-corrected chi connectivity index (χ1v) is 6.76. The van der Waals surface area contributed by atoms with Crippen LogP contribution in [-0.2, 0) is 0 Å². The molecule has 0 aliphatic rings. The standard InChI is InChI=1S/C13H9Br2Cl/c1-8-3-2-4-11(14)13(8)10-6-5-9(16)7-12(10)15/h2-7H,1H3. The van der Waals surface area contributed by atoms with E-state index in [4.69, 9.17) is 11.6 Å². The maximum Gasteiger partial charge on any atom is 0.0417 e. The van der Waals surface area contributed by atoms with Gasteiger partial charge in [0.1, 0.15) is 0 Å². The van der Waals surface area contributed by atoms with Gasteiger partial charge in [-0.05, 0) is 41.8 Å². The average molecular weight is 360 g/mol. The second kappa shape index (κ2) is 4.91. The van der Waals surface area contributed by atoms with Crippen LogP contribution in [0.2, 0.25) is 5.02 Å². The molecule has 0 atom stereocenters. The summed E-state index contributed by atoms with van der Waals surface area (Å²) in [6, 6.07) is 12.0. The van der Waals surface area contributed by atoms with Gasteiger partial charge in [-0.1, -0.05) is 61.7 Å². The van der Waals surface area contributed by atoms with Gasteiger partial charge in [-0.2, -0.15) is 0 Å². The zero-order chi connectivity index (χ0) is 11.7. The van der Waals surface area contributed by atoms with Crippen LogP contribution in [0.4, 0.5) is 0 Å². The van der Waals surface area contributed by atoms with Gasteiger partial charge in [-0.15, -0.1) is 0 Å². The number of benzene rings is 2. The summed E-state index contributed by atoms with van der Waals surface area (Å²) in [5, 5.41) is 0.736. The Hall–Kier alpha value is -0.310. The highest BCUT2D eigenvalue weighted by Gasteiger charge is 2.09. The van der Waals surface area contributed by atoms with E-state index < -0.39 is 0 Å². The maximum atomic E-state index is 5.94. The first-order chi connectivity index (χ1) is 7.59. The van der Waals surface area contributed by atoms with E-state index in [1.54, 1.807) is 0 Å². The molecule has 82 valence electrons. The molecule has 0 saturated carbocycles. The summed E-state index contributed by atoms with van der Waals surface area (Å²) in [5.74, 6) is 0. The lowest BCUT2D eigenvalue weighted by molar-refractivity contribution is 1.43. The Bertz CT molecular complexity index is 515. The van der Waals surface area contributed by atoms with Crippen molar-refractivity contribution in [1.29, 1.82) is 0 Å². The van der Waals surface area contributed by atoms with Crippen molar-refractivity contribution in [3.63, 3.8) is 0 Å². The molecule has 2 rings (SSSR count). The first kappa shape index (κ1) is 12.2. The molecule has 0 amide bonds. The zero-order valence-corrected chi connectivity index (χ0v) is 12.5. The summed E-state index contributed by atoms with van der Waals surface area (Å²) in [7, 11) is 0. The summed E-state index contributed by atoms with van der Waals surface area (Å²) in [4.78, 5) is 0. The molecule has 0 heterocycles. The topological polar surface area (TPSA) is 0 Å². The van der Waals surface area contributed by atoms with Crippen LogP contribution in [0.15, 0.2) is 45.3 Å². The van der Waals surface area contributed by atoms with Crippen molar-refractivity contribution < 1.29 is 0 Å². The molecular weight excluding hydrogens is 351 g/mol. The third-order valence-corrected chi connectivity index (χ3v) is 3.97. The van der Waals surface area contributed by atoms with E-state index in [0.29, 0.717) is 0 Å². The van der Waals surface area contributed by atoms with Crippen LogP contribution in [0, 0.1) is 6.92 Å². The molecule has 0 aliphatic heterocycles. The summed E-state index contributed by atoms with van der Waals surface area (Å²) in [6.07, 6.45) is 0. The highest BCUT2D eigenvalue weighted by molar-refractivity contribution is 9.11. The lowest BCUT2D eigenvalue weighted by atomic mass is 10.0. The molecule has 0 aromatic heterocycles. The summed E-state index contributed by atoms with van der Waals surface area (Å²) in [6.45, 7) is 2.10. The van der Waals surface area contributed by atoms with Crippen molar-refractivity contribution in [2.75, 3.05) is 0 Å². The molecular formula is C13H9Br2Cl. The molecule has 0 unspecified atom stereocenters.